The Hall–Kier alpha value is -1.74. The predicted molar refractivity (Wildman–Crippen MR) is 105 cm³/mol. The first-order valence-electron chi connectivity index (χ1n) is 9.93. The largest absolute Gasteiger partial charge is 0.457 e. The molecule has 2 bridgehead atoms. The third kappa shape index (κ3) is 5.74. The second kappa shape index (κ2) is 9.40. The van der Waals surface area contributed by atoms with Gasteiger partial charge >= 0.3 is 19.7 Å². The Morgan fingerprint density at radius 3 is 2.48 bits per heavy atom. The van der Waals surface area contributed by atoms with Gasteiger partial charge in [-0.25, -0.2) is 0 Å². The number of fused-ring (bicyclic) bond motifs is 2. The first kappa shape index (κ1) is 23.9. The van der Waals surface area contributed by atoms with Gasteiger partial charge in [0.15, 0.2) is 12.4 Å². The molecule has 0 spiro atoms. The average molecular weight is 463 g/mol. The van der Waals surface area contributed by atoms with Crippen molar-refractivity contribution >= 4 is 24.7 Å². The molecular weight excluding hydrogens is 438 g/mol. The quantitative estimate of drug-likeness (QED) is 0.433. The van der Waals surface area contributed by atoms with E-state index in [0.29, 0.717) is 6.42 Å². The number of rotatable bonds is 8. The molecule has 2 fully saturated rings. The van der Waals surface area contributed by atoms with Crippen LogP contribution in [0.25, 0.3) is 0 Å². The number of Topliss-reactive ketones (excluding diaryl/α,β-unsaturated/α-hetero) is 1. The minimum Gasteiger partial charge on any atom is -0.457 e. The predicted octanol–water partition coefficient (Wildman–Crippen LogP) is 3.08. The lowest BCUT2D eigenvalue weighted by Gasteiger charge is -2.42. The van der Waals surface area contributed by atoms with Crippen LogP contribution in [0.4, 0.5) is 13.2 Å². The van der Waals surface area contributed by atoms with Crippen LogP contribution in [-0.4, -0.2) is 61.3 Å². The van der Waals surface area contributed by atoms with Gasteiger partial charge in [-0.3, -0.25) is 23.6 Å². The highest BCUT2D eigenvalue weighted by atomic mass is 31.2. The van der Waals surface area contributed by atoms with E-state index in [9.17, 15) is 27.3 Å². The Morgan fingerprint density at radius 1 is 1.19 bits per heavy atom. The Balaban J connectivity index is 1.89. The van der Waals surface area contributed by atoms with Gasteiger partial charge in [-0.2, -0.15) is 13.2 Å². The van der Waals surface area contributed by atoms with Crippen molar-refractivity contribution in [1.29, 1.82) is 0 Å². The Morgan fingerprint density at radius 2 is 1.87 bits per heavy atom. The molecule has 4 unspecified atom stereocenters. The number of hydrogen-bond acceptors (Lipinski definition) is 7. The summed E-state index contributed by atoms with van der Waals surface area (Å²) in [5, 5.41) is -0.0265. The topological polar surface area (TPSA) is 82.1 Å². The molecule has 5 atom stereocenters. The molecule has 2 aliphatic heterocycles. The molecule has 1 aromatic carbocycles. The van der Waals surface area contributed by atoms with Crippen molar-refractivity contribution in [3.63, 3.8) is 0 Å². The number of benzene rings is 1. The van der Waals surface area contributed by atoms with E-state index in [0.717, 1.165) is 6.42 Å². The van der Waals surface area contributed by atoms with Crippen molar-refractivity contribution in [3.05, 3.63) is 30.3 Å². The van der Waals surface area contributed by atoms with Crippen LogP contribution in [0, 0.1) is 5.92 Å². The smallest absolute Gasteiger partial charge is 0.412 e. The van der Waals surface area contributed by atoms with Crippen LogP contribution in [0.15, 0.2) is 30.3 Å². The molecule has 172 valence electrons. The number of esters is 1. The standard InChI is InChI=1S/C20H25F3NO6P/c1-13(25)11-28-19(26)18-16-9-8-14(24(16)2)10-17(18)30-31(27,29-12-20(21,22)23)15-6-4-3-5-7-15/h3-7,14,16-18H,8-12H2,1-2H3/t14?,16?,17?,18-,31?/m1/s1. The van der Waals surface area contributed by atoms with Crippen molar-refractivity contribution in [2.75, 3.05) is 20.3 Å². The van der Waals surface area contributed by atoms with Crippen LogP contribution in [0.3, 0.4) is 0 Å². The summed E-state index contributed by atoms with van der Waals surface area (Å²) in [5.41, 5.74) is 0. The number of carbonyl (C=O) groups is 2. The van der Waals surface area contributed by atoms with E-state index in [2.05, 4.69) is 0 Å². The minimum absolute atomic E-state index is 0.0265. The molecule has 3 rings (SSSR count). The Kier molecular flexibility index (Phi) is 7.25. The number of hydrogen-bond donors (Lipinski definition) is 0. The monoisotopic (exact) mass is 463 g/mol. The number of ether oxygens (including phenoxy) is 1. The van der Waals surface area contributed by atoms with Crippen LogP contribution in [0.1, 0.15) is 26.2 Å². The minimum atomic E-state index is -4.71. The van der Waals surface area contributed by atoms with Crippen molar-refractivity contribution in [2.45, 2.75) is 50.6 Å². The molecule has 7 nitrogen and oxygen atoms in total. The molecule has 2 heterocycles. The van der Waals surface area contributed by atoms with E-state index < -0.39 is 45.0 Å². The first-order valence-corrected chi connectivity index (χ1v) is 11.5. The van der Waals surface area contributed by atoms with E-state index in [4.69, 9.17) is 13.8 Å². The normalized spacial score (nSPS) is 28.2. The van der Waals surface area contributed by atoms with Crippen molar-refractivity contribution < 1.29 is 41.1 Å². The zero-order valence-electron chi connectivity index (χ0n) is 17.2. The van der Waals surface area contributed by atoms with Crippen molar-refractivity contribution in [2.24, 2.45) is 5.92 Å². The SMILES string of the molecule is CC(=O)COC(=O)[C@H]1C(OP(=O)(OCC(F)(F)F)c2ccccc2)CC2CCC1N2C. The number of carbonyl (C=O) groups excluding carboxylic acids is 2. The maximum Gasteiger partial charge on any atom is 0.412 e. The molecule has 1 aromatic rings. The molecule has 0 radical (unpaired) electrons. The summed E-state index contributed by atoms with van der Waals surface area (Å²) in [6.07, 6.45) is -4.00. The fourth-order valence-corrected chi connectivity index (χ4v) is 5.98. The van der Waals surface area contributed by atoms with Crippen LogP contribution < -0.4 is 5.30 Å². The lowest BCUT2D eigenvalue weighted by molar-refractivity contribution is -0.163. The molecule has 0 amide bonds. The molecular formula is C20H25F3NO6P. The summed E-state index contributed by atoms with van der Waals surface area (Å²) in [6.45, 7) is -0.893. The maximum absolute atomic E-state index is 13.5. The summed E-state index contributed by atoms with van der Waals surface area (Å²) in [7, 11) is -2.56. The molecule has 0 aliphatic carbocycles. The molecule has 0 saturated carbocycles. The molecule has 31 heavy (non-hydrogen) atoms. The van der Waals surface area contributed by atoms with Crippen molar-refractivity contribution in [1.82, 2.24) is 4.90 Å². The number of nitrogens with zero attached hydrogens (tertiary/aromatic N) is 1. The van der Waals surface area contributed by atoms with Crippen molar-refractivity contribution in [3.8, 4) is 0 Å². The zero-order chi connectivity index (χ0) is 22.8. The van der Waals surface area contributed by atoms with Gasteiger partial charge in [-0.05, 0) is 45.4 Å². The van der Waals surface area contributed by atoms with E-state index in [1.54, 1.807) is 6.07 Å². The molecule has 2 aliphatic rings. The van der Waals surface area contributed by atoms with Gasteiger partial charge in [-0.1, -0.05) is 18.2 Å². The molecule has 0 N–H and O–H groups in total. The first-order chi connectivity index (χ1) is 14.5. The third-order valence-electron chi connectivity index (χ3n) is 5.65. The highest BCUT2D eigenvalue weighted by molar-refractivity contribution is 7.62. The van der Waals surface area contributed by atoms with Gasteiger partial charge in [0.05, 0.1) is 17.3 Å². The summed E-state index contributed by atoms with van der Waals surface area (Å²) in [4.78, 5) is 26.0. The molecule has 0 aromatic heterocycles. The van der Waals surface area contributed by atoms with Gasteiger partial charge in [0.2, 0.25) is 0 Å². The number of piperidine rings is 1. The van der Waals surface area contributed by atoms with Gasteiger partial charge in [-0.15, -0.1) is 0 Å². The summed E-state index contributed by atoms with van der Waals surface area (Å²) >= 11 is 0. The second-order valence-corrected chi connectivity index (χ2v) is 9.88. The number of halogens is 3. The van der Waals surface area contributed by atoms with E-state index in [1.807, 2.05) is 11.9 Å². The number of alkyl halides is 3. The fraction of sp³-hybridized carbons (Fsp3) is 0.600. The Labute approximate surface area is 178 Å². The van der Waals surface area contributed by atoms with E-state index in [-0.39, 0.29) is 29.6 Å². The molecule has 11 heteroatoms. The van der Waals surface area contributed by atoms with E-state index >= 15 is 0 Å². The van der Waals surface area contributed by atoms with Gasteiger partial charge in [0.25, 0.3) is 0 Å². The van der Waals surface area contributed by atoms with Crippen LogP contribution in [0.2, 0.25) is 0 Å². The van der Waals surface area contributed by atoms with Crippen LogP contribution in [0.5, 0.6) is 0 Å². The van der Waals surface area contributed by atoms with Crippen LogP contribution >= 0.6 is 7.60 Å². The Bertz CT molecular complexity index is 849. The van der Waals surface area contributed by atoms with Gasteiger partial charge < -0.3 is 9.26 Å². The van der Waals surface area contributed by atoms with Crippen LogP contribution in [-0.2, 0) is 27.9 Å². The average Bonchev–Trinajstić information content (AvgIpc) is 2.94. The lowest BCUT2D eigenvalue weighted by Crippen LogP contribution is -2.53. The van der Waals surface area contributed by atoms with Gasteiger partial charge in [0, 0.05) is 12.1 Å². The second-order valence-electron chi connectivity index (χ2n) is 7.90. The summed E-state index contributed by atoms with van der Waals surface area (Å²) < 4.78 is 67.7. The highest BCUT2D eigenvalue weighted by Gasteiger charge is 2.52. The third-order valence-corrected chi connectivity index (χ3v) is 7.60. The van der Waals surface area contributed by atoms with Gasteiger partial charge in [0.1, 0.15) is 6.61 Å². The lowest BCUT2D eigenvalue weighted by atomic mass is 9.88. The highest BCUT2D eigenvalue weighted by Crippen LogP contribution is 2.53. The summed E-state index contributed by atoms with van der Waals surface area (Å²) in [5.74, 6) is -1.95. The summed E-state index contributed by atoms with van der Waals surface area (Å²) in [6, 6.07) is 7.11. The molecule has 2 saturated heterocycles. The zero-order valence-corrected chi connectivity index (χ0v) is 18.1. The number of ketones is 1. The maximum atomic E-state index is 13.5. The van der Waals surface area contributed by atoms with E-state index in [1.165, 1.54) is 31.2 Å². The fourth-order valence-electron chi connectivity index (χ4n) is 4.22.